The lowest BCUT2D eigenvalue weighted by atomic mass is 10.1. The maximum absolute atomic E-state index is 12.1. The predicted octanol–water partition coefficient (Wildman–Crippen LogP) is 3.43. The molecular formula is C22H21N5O2. The van der Waals surface area contributed by atoms with E-state index in [-0.39, 0.29) is 6.03 Å². The standard InChI is InChI=1S/C22H21N5O2/c1-29-20-6-5-18-10-16(2-4-19(18)11-20)12-25-22(28)26-14-17-3-7-21(24-13-17)27-9-8-23-15-27/h2-11,13,15H,12,14H2,1H3,(H2,25,26,28). The second-order valence-corrected chi connectivity index (χ2v) is 6.58. The molecule has 0 aliphatic carbocycles. The summed E-state index contributed by atoms with van der Waals surface area (Å²) in [5.74, 6) is 1.61. The van der Waals surface area contributed by atoms with E-state index < -0.39 is 0 Å². The molecule has 0 spiro atoms. The molecule has 2 aromatic carbocycles. The average molecular weight is 387 g/mol. The smallest absolute Gasteiger partial charge is 0.315 e. The van der Waals surface area contributed by atoms with Gasteiger partial charge in [0, 0.05) is 31.7 Å². The molecule has 0 fully saturated rings. The van der Waals surface area contributed by atoms with E-state index in [0.29, 0.717) is 13.1 Å². The topological polar surface area (TPSA) is 81.1 Å². The van der Waals surface area contributed by atoms with Gasteiger partial charge in [-0.1, -0.05) is 24.3 Å². The molecule has 0 saturated heterocycles. The molecule has 2 N–H and O–H groups in total. The normalized spacial score (nSPS) is 10.7. The number of pyridine rings is 1. The summed E-state index contributed by atoms with van der Waals surface area (Å²) in [6.45, 7) is 0.853. The summed E-state index contributed by atoms with van der Waals surface area (Å²) in [5, 5.41) is 7.94. The number of benzene rings is 2. The van der Waals surface area contributed by atoms with Crippen LogP contribution in [0.3, 0.4) is 0 Å². The molecule has 0 saturated carbocycles. The number of rotatable bonds is 6. The van der Waals surface area contributed by atoms with Crippen LogP contribution in [-0.2, 0) is 13.1 Å². The van der Waals surface area contributed by atoms with E-state index >= 15 is 0 Å². The highest BCUT2D eigenvalue weighted by molar-refractivity contribution is 5.84. The number of hydrogen-bond acceptors (Lipinski definition) is 4. The van der Waals surface area contributed by atoms with Crippen LogP contribution in [-0.4, -0.2) is 27.7 Å². The van der Waals surface area contributed by atoms with Crippen LogP contribution in [0.1, 0.15) is 11.1 Å². The number of methoxy groups -OCH3 is 1. The van der Waals surface area contributed by atoms with Gasteiger partial charge in [0.15, 0.2) is 0 Å². The van der Waals surface area contributed by atoms with Gasteiger partial charge in [0.25, 0.3) is 0 Å². The highest BCUT2D eigenvalue weighted by Crippen LogP contribution is 2.21. The maximum Gasteiger partial charge on any atom is 0.315 e. The molecule has 29 heavy (non-hydrogen) atoms. The Bertz CT molecular complexity index is 1110. The SMILES string of the molecule is COc1ccc2cc(CNC(=O)NCc3ccc(-n4ccnc4)nc3)ccc2c1. The summed E-state index contributed by atoms with van der Waals surface area (Å²) in [7, 11) is 1.65. The van der Waals surface area contributed by atoms with Crippen molar-refractivity contribution in [3.63, 3.8) is 0 Å². The van der Waals surface area contributed by atoms with E-state index in [4.69, 9.17) is 4.74 Å². The van der Waals surface area contributed by atoms with E-state index in [9.17, 15) is 4.79 Å². The van der Waals surface area contributed by atoms with Crippen LogP contribution in [0.15, 0.2) is 73.4 Å². The third kappa shape index (κ3) is 4.52. The van der Waals surface area contributed by atoms with Crippen LogP contribution in [0.4, 0.5) is 4.79 Å². The number of urea groups is 1. The van der Waals surface area contributed by atoms with Crippen molar-refractivity contribution >= 4 is 16.8 Å². The minimum Gasteiger partial charge on any atom is -0.497 e. The zero-order valence-electron chi connectivity index (χ0n) is 16.0. The van der Waals surface area contributed by atoms with Crippen molar-refractivity contribution in [2.45, 2.75) is 13.1 Å². The number of carbonyl (C=O) groups excluding carboxylic acids is 1. The van der Waals surface area contributed by atoms with Crippen molar-refractivity contribution < 1.29 is 9.53 Å². The number of fused-ring (bicyclic) bond motifs is 1. The fourth-order valence-electron chi connectivity index (χ4n) is 3.01. The van der Waals surface area contributed by atoms with Gasteiger partial charge >= 0.3 is 6.03 Å². The van der Waals surface area contributed by atoms with Gasteiger partial charge in [-0.05, 0) is 46.2 Å². The molecule has 0 aliphatic rings. The Kier molecular flexibility index (Phi) is 5.38. The lowest BCUT2D eigenvalue weighted by Gasteiger charge is -2.09. The van der Waals surface area contributed by atoms with Crippen molar-refractivity contribution in [1.29, 1.82) is 0 Å². The lowest BCUT2D eigenvalue weighted by molar-refractivity contribution is 0.240. The Labute approximate surface area is 168 Å². The minimum absolute atomic E-state index is 0.224. The monoisotopic (exact) mass is 387 g/mol. The fourth-order valence-corrected chi connectivity index (χ4v) is 3.01. The Morgan fingerprint density at radius 2 is 1.76 bits per heavy atom. The number of aromatic nitrogens is 3. The molecule has 0 radical (unpaired) electrons. The number of nitrogens with zero attached hydrogens (tertiary/aromatic N) is 3. The molecule has 146 valence electrons. The van der Waals surface area contributed by atoms with Crippen LogP contribution in [0.2, 0.25) is 0 Å². The van der Waals surface area contributed by atoms with Crippen LogP contribution in [0.25, 0.3) is 16.6 Å². The quantitative estimate of drug-likeness (QED) is 0.531. The zero-order valence-corrected chi connectivity index (χ0v) is 16.0. The summed E-state index contributed by atoms with van der Waals surface area (Å²) in [4.78, 5) is 20.5. The van der Waals surface area contributed by atoms with Crippen LogP contribution < -0.4 is 15.4 Å². The van der Waals surface area contributed by atoms with Crippen LogP contribution >= 0.6 is 0 Å². The summed E-state index contributed by atoms with van der Waals surface area (Å²) in [5.41, 5.74) is 1.95. The molecule has 4 aromatic rings. The zero-order chi connectivity index (χ0) is 20.1. The van der Waals surface area contributed by atoms with Gasteiger partial charge < -0.3 is 15.4 Å². The van der Waals surface area contributed by atoms with Gasteiger partial charge in [-0.15, -0.1) is 0 Å². The molecule has 2 aromatic heterocycles. The summed E-state index contributed by atoms with van der Waals surface area (Å²) >= 11 is 0. The number of ether oxygens (including phenoxy) is 1. The molecule has 7 nitrogen and oxygen atoms in total. The van der Waals surface area contributed by atoms with Gasteiger partial charge in [-0.25, -0.2) is 14.8 Å². The first kappa shape index (κ1) is 18.5. The highest BCUT2D eigenvalue weighted by atomic mass is 16.5. The molecule has 0 aliphatic heterocycles. The fraction of sp³-hybridized carbons (Fsp3) is 0.136. The molecule has 4 rings (SSSR count). The van der Waals surface area contributed by atoms with Crippen LogP contribution in [0, 0.1) is 0 Å². The largest absolute Gasteiger partial charge is 0.497 e. The Balaban J connectivity index is 1.29. The number of amides is 2. The summed E-state index contributed by atoms with van der Waals surface area (Å²) < 4.78 is 7.07. The highest BCUT2D eigenvalue weighted by Gasteiger charge is 2.04. The number of nitrogens with one attached hydrogen (secondary N) is 2. The minimum atomic E-state index is -0.224. The molecule has 0 unspecified atom stereocenters. The average Bonchev–Trinajstić information content (AvgIpc) is 3.31. The molecule has 2 heterocycles. The maximum atomic E-state index is 12.1. The predicted molar refractivity (Wildman–Crippen MR) is 111 cm³/mol. The van der Waals surface area contributed by atoms with Gasteiger partial charge in [0.2, 0.25) is 0 Å². The lowest BCUT2D eigenvalue weighted by Crippen LogP contribution is -2.34. The second kappa shape index (κ2) is 8.43. The van der Waals surface area contributed by atoms with E-state index in [1.807, 2.05) is 53.2 Å². The van der Waals surface area contributed by atoms with Crippen molar-refractivity contribution in [2.24, 2.45) is 0 Å². The molecule has 7 heteroatoms. The van der Waals surface area contributed by atoms with Gasteiger partial charge in [0.1, 0.15) is 17.9 Å². The molecule has 2 amide bonds. The Morgan fingerprint density at radius 1 is 1.00 bits per heavy atom. The first-order valence-electron chi connectivity index (χ1n) is 9.23. The summed E-state index contributed by atoms with van der Waals surface area (Å²) in [6, 6.07) is 15.6. The van der Waals surface area contributed by atoms with Gasteiger partial charge in [0.05, 0.1) is 7.11 Å². The number of imidazole rings is 1. The number of hydrogen-bond donors (Lipinski definition) is 2. The summed E-state index contributed by atoms with van der Waals surface area (Å²) in [6.07, 6.45) is 6.97. The van der Waals surface area contributed by atoms with Crippen molar-refractivity contribution in [3.8, 4) is 11.6 Å². The first-order chi connectivity index (χ1) is 14.2. The third-order valence-electron chi connectivity index (χ3n) is 4.60. The number of carbonyl (C=O) groups is 1. The van der Waals surface area contributed by atoms with E-state index in [2.05, 4.69) is 26.7 Å². The van der Waals surface area contributed by atoms with Crippen molar-refractivity contribution in [1.82, 2.24) is 25.2 Å². The van der Waals surface area contributed by atoms with E-state index in [0.717, 1.165) is 33.5 Å². The Hall–Kier alpha value is -3.87. The van der Waals surface area contributed by atoms with Gasteiger partial charge in [-0.2, -0.15) is 0 Å². The van der Waals surface area contributed by atoms with Gasteiger partial charge in [-0.3, -0.25) is 4.57 Å². The van der Waals surface area contributed by atoms with Crippen molar-refractivity contribution in [2.75, 3.05) is 7.11 Å². The third-order valence-corrected chi connectivity index (χ3v) is 4.60. The molecular weight excluding hydrogens is 366 g/mol. The Morgan fingerprint density at radius 3 is 2.48 bits per heavy atom. The first-order valence-corrected chi connectivity index (χ1v) is 9.23. The molecule has 0 atom stereocenters. The van der Waals surface area contributed by atoms with Crippen LogP contribution in [0.5, 0.6) is 5.75 Å². The molecule has 0 bridgehead atoms. The second-order valence-electron chi connectivity index (χ2n) is 6.58. The van der Waals surface area contributed by atoms with E-state index in [1.54, 1.807) is 25.8 Å². The van der Waals surface area contributed by atoms with E-state index in [1.165, 1.54) is 0 Å². The van der Waals surface area contributed by atoms with Crippen molar-refractivity contribution in [3.05, 3.63) is 84.6 Å².